The SMILES string of the molecule is c1cc2nnnn2nc1NCC1(N2CCCCC2)CCCCC1. The third-order valence-electron chi connectivity index (χ3n) is 5.48. The van der Waals surface area contributed by atoms with Crippen molar-refractivity contribution in [3.63, 3.8) is 0 Å². The van der Waals surface area contributed by atoms with Gasteiger partial charge in [-0.05, 0) is 61.3 Å². The number of tetrazole rings is 1. The van der Waals surface area contributed by atoms with Gasteiger partial charge in [0, 0.05) is 12.1 Å². The van der Waals surface area contributed by atoms with Crippen LogP contribution in [0.4, 0.5) is 5.82 Å². The maximum Gasteiger partial charge on any atom is 0.200 e. The fourth-order valence-electron chi connectivity index (χ4n) is 4.18. The van der Waals surface area contributed by atoms with Crippen LogP contribution >= 0.6 is 0 Å². The highest BCUT2D eigenvalue weighted by molar-refractivity contribution is 5.42. The first kappa shape index (κ1) is 14.8. The number of hydrogen-bond acceptors (Lipinski definition) is 6. The number of piperidine rings is 1. The molecule has 4 rings (SSSR count). The van der Waals surface area contributed by atoms with Gasteiger partial charge in [0.25, 0.3) is 0 Å². The van der Waals surface area contributed by atoms with Gasteiger partial charge in [-0.3, -0.25) is 4.90 Å². The third kappa shape index (κ3) is 3.02. The number of nitrogens with one attached hydrogen (secondary N) is 1. The van der Waals surface area contributed by atoms with E-state index in [4.69, 9.17) is 0 Å². The smallest absolute Gasteiger partial charge is 0.200 e. The van der Waals surface area contributed by atoms with Crippen LogP contribution in [0.15, 0.2) is 12.1 Å². The zero-order valence-electron chi connectivity index (χ0n) is 13.6. The van der Waals surface area contributed by atoms with E-state index in [0.29, 0.717) is 11.2 Å². The lowest BCUT2D eigenvalue weighted by molar-refractivity contribution is 0.0436. The van der Waals surface area contributed by atoms with E-state index in [2.05, 4.69) is 30.8 Å². The first-order valence-corrected chi connectivity index (χ1v) is 8.90. The van der Waals surface area contributed by atoms with Crippen molar-refractivity contribution < 1.29 is 0 Å². The van der Waals surface area contributed by atoms with Crippen LogP contribution in [-0.2, 0) is 0 Å². The second kappa shape index (κ2) is 6.39. The van der Waals surface area contributed by atoms with E-state index in [1.807, 2.05) is 12.1 Å². The predicted octanol–water partition coefficient (Wildman–Crippen LogP) is 2.12. The first-order chi connectivity index (χ1) is 11.4. The van der Waals surface area contributed by atoms with Crippen molar-refractivity contribution >= 4 is 11.5 Å². The summed E-state index contributed by atoms with van der Waals surface area (Å²) in [7, 11) is 0. The molecule has 0 unspecified atom stereocenters. The maximum atomic E-state index is 4.45. The van der Waals surface area contributed by atoms with Gasteiger partial charge < -0.3 is 5.32 Å². The molecule has 124 valence electrons. The van der Waals surface area contributed by atoms with Gasteiger partial charge in [-0.15, -0.1) is 14.8 Å². The number of hydrogen-bond donors (Lipinski definition) is 1. The monoisotopic (exact) mass is 315 g/mol. The normalized spacial score (nSPS) is 22.3. The molecule has 0 radical (unpaired) electrons. The van der Waals surface area contributed by atoms with Crippen LogP contribution in [-0.4, -0.2) is 55.3 Å². The van der Waals surface area contributed by atoms with E-state index in [0.717, 1.165) is 12.4 Å². The zero-order valence-corrected chi connectivity index (χ0v) is 13.6. The Kier molecular flexibility index (Phi) is 4.11. The Balaban J connectivity index is 1.50. The Morgan fingerprint density at radius 2 is 1.78 bits per heavy atom. The van der Waals surface area contributed by atoms with E-state index < -0.39 is 0 Å². The van der Waals surface area contributed by atoms with Crippen molar-refractivity contribution in [3.05, 3.63) is 12.1 Å². The van der Waals surface area contributed by atoms with Gasteiger partial charge in [-0.25, -0.2) is 0 Å². The molecule has 0 spiro atoms. The number of fused-ring (bicyclic) bond motifs is 1. The zero-order chi connectivity index (χ0) is 15.5. The van der Waals surface area contributed by atoms with Crippen molar-refractivity contribution in [2.45, 2.75) is 56.9 Å². The molecule has 3 heterocycles. The average molecular weight is 315 g/mol. The van der Waals surface area contributed by atoms with Crippen LogP contribution in [0, 0.1) is 0 Å². The van der Waals surface area contributed by atoms with Crippen molar-refractivity contribution in [2.75, 3.05) is 25.0 Å². The summed E-state index contributed by atoms with van der Waals surface area (Å²) in [5.41, 5.74) is 0.981. The van der Waals surface area contributed by atoms with Crippen LogP contribution in [0.5, 0.6) is 0 Å². The van der Waals surface area contributed by atoms with E-state index in [9.17, 15) is 0 Å². The Labute approximate surface area is 136 Å². The van der Waals surface area contributed by atoms with Crippen LogP contribution < -0.4 is 5.32 Å². The topological polar surface area (TPSA) is 71.2 Å². The molecule has 1 saturated heterocycles. The molecule has 0 bridgehead atoms. The molecule has 0 atom stereocenters. The van der Waals surface area contributed by atoms with Crippen LogP contribution in [0.3, 0.4) is 0 Å². The predicted molar refractivity (Wildman–Crippen MR) is 88.3 cm³/mol. The molecule has 1 aliphatic heterocycles. The second-order valence-corrected chi connectivity index (χ2v) is 6.93. The summed E-state index contributed by atoms with van der Waals surface area (Å²) in [6, 6.07) is 3.88. The summed E-state index contributed by atoms with van der Waals surface area (Å²) in [6.07, 6.45) is 10.7. The van der Waals surface area contributed by atoms with Gasteiger partial charge in [-0.1, -0.05) is 25.7 Å². The largest absolute Gasteiger partial charge is 0.367 e. The Morgan fingerprint density at radius 3 is 2.61 bits per heavy atom. The summed E-state index contributed by atoms with van der Waals surface area (Å²) in [4.78, 5) is 2.75. The van der Waals surface area contributed by atoms with E-state index in [1.165, 1.54) is 69.1 Å². The lowest BCUT2D eigenvalue weighted by Crippen LogP contribution is -2.56. The summed E-state index contributed by atoms with van der Waals surface area (Å²) < 4.78 is 1.48. The molecule has 2 aromatic heterocycles. The lowest BCUT2D eigenvalue weighted by atomic mass is 9.79. The molecule has 2 fully saturated rings. The summed E-state index contributed by atoms with van der Waals surface area (Å²) in [5.74, 6) is 0.853. The number of rotatable bonds is 4. The van der Waals surface area contributed by atoms with Gasteiger partial charge >= 0.3 is 0 Å². The average Bonchev–Trinajstić information content (AvgIpc) is 3.09. The third-order valence-corrected chi connectivity index (χ3v) is 5.48. The van der Waals surface area contributed by atoms with E-state index >= 15 is 0 Å². The molecule has 23 heavy (non-hydrogen) atoms. The number of nitrogens with zero attached hydrogens (tertiary/aromatic N) is 6. The fraction of sp³-hybridized carbons (Fsp3) is 0.750. The Morgan fingerprint density at radius 1 is 1.00 bits per heavy atom. The van der Waals surface area contributed by atoms with Gasteiger partial charge in [0.15, 0.2) is 5.65 Å². The highest BCUT2D eigenvalue weighted by atomic mass is 15.6. The van der Waals surface area contributed by atoms with Crippen molar-refractivity contribution in [2.24, 2.45) is 0 Å². The van der Waals surface area contributed by atoms with Crippen molar-refractivity contribution in [1.29, 1.82) is 0 Å². The highest BCUT2D eigenvalue weighted by Crippen LogP contribution is 2.35. The minimum atomic E-state index is 0.302. The summed E-state index contributed by atoms with van der Waals surface area (Å²) >= 11 is 0. The molecular weight excluding hydrogens is 290 g/mol. The molecule has 0 aromatic carbocycles. The molecule has 2 aliphatic rings. The highest BCUT2D eigenvalue weighted by Gasteiger charge is 2.38. The van der Waals surface area contributed by atoms with Crippen LogP contribution in [0.1, 0.15) is 51.4 Å². The van der Waals surface area contributed by atoms with Crippen molar-refractivity contribution in [1.82, 2.24) is 30.2 Å². The number of anilines is 1. The molecule has 0 amide bonds. The van der Waals surface area contributed by atoms with E-state index in [1.54, 1.807) is 0 Å². The molecule has 1 N–H and O–H groups in total. The van der Waals surface area contributed by atoms with Crippen LogP contribution in [0.2, 0.25) is 0 Å². The molecule has 1 aliphatic carbocycles. The lowest BCUT2D eigenvalue weighted by Gasteiger charge is -2.48. The molecule has 2 aromatic rings. The molecule has 7 heteroatoms. The second-order valence-electron chi connectivity index (χ2n) is 6.93. The van der Waals surface area contributed by atoms with Crippen LogP contribution in [0.25, 0.3) is 5.65 Å². The summed E-state index contributed by atoms with van der Waals surface area (Å²) in [6.45, 7) is 3.47. The van der Waals surface area contributed by atoms with Gasteiger partial charge in [0.2, 0.25) is 0 Å². The maximum absolute atomic E-state index is 4.45. The number of likely N-dealkylation sites (tertiary alicyclic amines) is 1. The molecule has 1 saturated carbocycles. The van der Waals surface area contributed by atoms with E-state index in [-0.39, 0.29) is 0 Å². The first-order valence-electron chi connectivity index (χ1n) is 8.90. The molecule has 7 nitrogen and oxygen atoms in total. The standard InChI is InChI=1S/C16H25N7/c1-3-9-16(10-4-1,22-11-5-2-6-12-22)13-17-14-7-8-15-18-20-21-23(15)19-14/h7-8H,1-6,9-13H2,(H,17,19). The fourth-order valence-corrected chi connectivity index (χ4v) is 4.18. The Hall–Kier alpha value is -1.76. The Bertz CT molecular complexity index is 641. The minimum absolute atomic E-state index is 0.302. The number of aromatic nitrogens is 5. The van der Waals surface area contributed by atoms with Gasteiger partial charge in [0.05, 0.1) is 0 Å². The molecular formula is C16H25N7. The van der Waals surface area contributed by atoms with Crippen molar-refractivity contribution in [3.8, 4) is 0 Å². The van der Waals surface area contributed by atoms with Gasteiger partial charge in [-0.2, -0.15) is 0 Å². The summed E-state index contributed by atoms with van der Waals surface area (Å²) in [5, 5.41) is 19.4. The quantitative estimate of drug-likeness (QED) is 0.932. The van der Waals surface area contributed by atoms with Gasteiger partial charge in [0.1, 0.15) is 5.82 Å². The minimum Gasteiger partial charge on any atom is -0.367 e.